The van der Waals surface area contributed by atoms with Crippen LogP contribution in [0.3, 0.4) is 0 Å². The summed E-state index contributed by atoms with van der Waals surface area (Å²) in [5.74, 6) is 1.21. The van der Waals surface area contributed by atoms with Crippen molar-refractivity contribution < 1.29 is 14.3 Å². The lowest BCUT2D eigenvalue weighted by molar-refractivity contribution is 0.266. The number of imidazole rings is 1. The van der Waals surface area contributed by atoms with Crippen LogP contribution in [-0.2, 0) is 0 Å². The van der Waals surface area contributed by atoms with Gasteiger partial charge in [0.25, 0.3) is 0 Å². The number of aromatic nitrogens is 3. The zero-order valence-corrected chi connectivity index (χ0v) is 15.0. The second kappa shape index (κ2) is 6.28. The molecule has 27 heavy (non-hydrogen) atoms. The fourth-order valence-corrected chi connectivity index (χ4v) is 3.90. The fourth-order valence-electron chi connectivity index (χ4n) is 3.90. The monoisotopic (exact) mass is 364 g/mol. The van der Waals surface area contributed by atoms with Gasteiger partial charge in [-0.15, -0.1) is 5.10 Å². The fraction of sp³-hybridized carbons (Fsp3) is 0.300. The van der Waals surface area contributed by atoms with Crippen molar-refractivity contribution in [2.24, 2.45) is 0 Å². The number of nitrogens with zero attached hydrogens (tertiary/aromatic N) is 4. The minimum absolute atomic E-state index is 0.163. The number of rotatable bonds is 4. The van der Waals surface area contributed by atoms with E-state index in [1.807, 2.05) is 24.3 Å². The Hall–Kier alpha value is -3.06. The Kier molecular flexibility index (Phi) is 3.75. The van der Waals surface area contributed by atoms with Gasteiger partial charge in [-0.1, -0.05) is 6.07 Å². The Bertz CT molecular complexity index is 1120. The molecule has 1 unspecified atom stereocenters. The lowest BCUT2D eigenvalue weighted by atomic mass is 10.1. The van der Waals surface area contributed by atoms with Crippen LogP contribution in [0.1, 0.15) is 12.8 Å². The molecule has 7 heteroatoms. The molecule has 0 saturated carbocycles. The number of ether oxygens (including phenoxy) is 1. The number of hydrogen-bond donors (Lipinski definition) is 1. The second-order valence-corrected chi connectivity index (χ2v) is 6.76. The molecule has 7 nitrogen and oxygen atoms in total. The quantitative estimate of drug-likeness (QED) is 0.600. The first-order valence-corrected chi connectivity index (χ1v) is 9.07. The van der Waals surface area contributed by atoms with Gasteiger partial charge in [-0.2, -0.15) is 0 Å². The number of benzene rings is 1. The molecule has 1 aliphatic rings. The molecule has 0 spiro atoms. The highest BCUT2D eigenvalue weighted by molar-refractivity contribution is 5.94. The van der Waals surface area contributed by atoms with E-state index in [1.54, 1.807) is 23.9 Å². The van der Waals surface area contributed by atoms with Crippen LogP contribution in [0.2, 0.25) is 0 Å². The van der Waals surface area contributed by atoms with Gasteiger partial charge in [0.1, 0.15) is 11.3 Å². The van der Waals surface area contributed by atoms with Gasteiger partial charge < -0.3 is 19.2 Å². The molecule has 1 atom stereocenters. The third-order valence-electron chi connectivity index (χ3n) is 5.24. The van der Waals surface area contributed by atoms with Gasteiger partial charge in [0, 0.05) is 23.7 Å². The second-order valence-electron chi connectivity index (χ2n) is 6.76. The summed E-state index contributed by atoms with van der Waals surface area (Å²) in [4.78, 5) is 6.68. The van der Waals surface area contributed by atoms with E-state index in [9.17, 15) is 5.11 Å². The number of aliphatic hydroxyl groups is 1. The molecule has 4 aromatic rings. The summed E-state index contributed by atoms with van der Waals surface area (Å²) in [6.45, 7) is 1.11. The Morgan fingerprint density at radius 2 is 2.22 bits per heavy atom. The van der Waals surface area contributed by atoms with Crippen molar-refractivity contribution in [3.8, 4) is 17.3 Å². The first-order valence-electron chi connectivity index (χ1n) is 9.07. The van der Waals surface area contributed by atoms with E-state index in [0.29, 0.717) is 11.6 Å². The zero-order chi connectivity index (χ0) is 18.4. The maximum Gasteiger partial charge on any atom is 0.231 e. The molecule has 1 aromatic carbocycles. The SMILES string of the molecule is COc1ccc2ncc(-c3cc4c(N5CCCC5CO)cccc4o3)n2n1. The van der Waals surface area contributed by atoms with Crippen LogP contribution in [0.25, 0.3) is 28.1 Å². The molecule has 0 radical (unpaired) electrons. The predicted octanol–water partition coefficient (Wildman–Crippen LogP) is 3.11. The molecule has 0 amide bonds. The molecule has 1 fully saturated rings. The molecule has 5 rings (SSSR count). The lowest BCUT2D eigenvalue weighted by Crippen LogP contribution is -2.32. The summed E-state index contributed by atoms with van der Waals surface area (Å²) in [5, 5.41) is 15.2. The summed E-state index contributed by atoms with van der Waals surface area (Å²) < 4.78 is 13.1. The van der Waals surface area contributed by atoms with Crippen molar-refractivity contribution in [1.82, 2.24) is 14.6 Å². The van der Waals surface area contributed by atoms with Crippen LogP contribution in [0.5, 0.6) is 5.88 Å². The van der Waals surface area contributed by atoms with E-state index < -0.39 is 0 Å². The van der Waals surface area contributed by atoms with Crippen molar-refractivity contribution in [1.29, 1.82) is 0 Å². The van der Waals surface area contributed by atoms with Crippen LogP contribution in [-0.4, -0.2) is 46.0 Å². The smallest absolute Gasteiger partial charge is 0.231 e. The highest BCUT2D eigenvalue weighted by Gasteiger charge is 2.26. The Balaban J connectivity index is 1.65. The van der Waals surface area contributed by atoms with Gasteiger partial charge >= 0.3 is 0 Å². The Labute approximate surface area is 155 Å². The van der Waals surface area contributed by atoms with Gasteiger partial charge in [-0.05, 0) is 37.1 Å². The third-order valence-corrected chi connectivity index (χ3v) is 5.24. The molecule has 0 aliphatic carbocycles. The van der Waals surface area contributed by atoms with E-state index in [2.05, 4.69) is 21.0 Å². The Morgan fingerprint density at radius 1 is 1.30 bits per heavy atom. The summed E-state index contributed by atoms with van der Waals surface area (Å²) in [7, 11) is 1.59. The molecule has 138 valence electrons. The van der Waals surface area contributed by atoms with Crippen molar-refractivity contribution in [2.75, 3.05) is 25.2 Å². The third kappa shape index (κ3) is 2.54. The van der Waals surface area contributed by atoms with Gasteiger partial charge in [-0.25, -0.2) is 9.50 Å². The Morgan fingerprint density at radius 3 is 3.07 bits per heavy atom. The molecule has 4 heterocycles. The first kappa shape index (κ1) is 16.1. The van der Waals surface area contributed by atoms with Crippen LogP contribution in [0, 0.1) is 0 Å². The average molecular weight is 364 g/mol. The first-order chi connectivity index (χ1) is 13.3. The minimum atomic E-state index is 0.163. The van der Waals surface area contributed by atoms with Crippen molar-refractivity contribution in [3.63, 3.8) is 0 Å². The number of fused-ring (bicyclic) bond motifs is 2. The van der Waals surface area contributed by atoms with Crippen molar-refractivity contribution in [2.45, 2.75) is 18.9 Å². The van der Waals surface area contributed by atoms with Gasteiger partial charge in [0.2, 0.25) is 5.88 Å². The van der Waals surface area contributed by atoms with Gasteiger partial charge in [0.15, 0.2) is 11.4 Å². The van der Waals surface area contributed by atoms with E-state index in [0.717, 1.165) is 47.4 Å². The summed E-state index contributed by atoms with van der Waals surface area (Å²) >= 11 is 0. The molecular weight excluding hydrogens is 344 g/mol. The van der Waals surface area contributed by atoms with E-state index in [1.165, 1.54) is 0 Å². The van der Waals surface area contributed by atoms with E-state index in [-0.39, 0.29) is 12.6 Å². The molecular formula is C20H20N4O3. The lowest BCUT2D eigenvalue weighted by Gasteiger charge is -2.25. The maximum atomic E-state index is 9.70. The number of hydrogen-bond acceptors (Lipinski definition) is 6. The largest absolute Gasteiger partial charge is 0.480 e. The number of anilines is 1. The summed E-state index contributed by atoms with van der Waals surface area (Å²) in [6, 6.07) is 11.9. The van der Waals surface area contributed by atoms with Gasteiger partial charge in [-0.3, -0.25) is 0 Å². The zero-order valence-electron chi connectivity index (χ0n) is 15.0. The molecule has 1 aliphatic heterocycles. The van der Waals surface area contributed by atoms with Crippen molar-refractivity contribution in [3.05, 3.63) is 42.6 Å². The molecule has 1 saturated heterocycles. The van der Waals surface area contributed by atoms with Gasteiger partial charge in [0.05, 0.1) is 26.0 Å². The topological polar surface area (TPSA) is 76.0 Å². The van der Waals surface area contributed by atoms with Crippen LogP contribution < -0.4 is 9.64 Å². The van der Waals surface area contributed by atoms with E-state index in [4.69, 9.17) is 9.15 Å². The number of methoxy groups -OCH3 is 1. The molecule has 1 N–H and O–H groups in total. The normalized spacial score (nSPS) is 17.3. The van der Waals surface area contributed by atoms with Crippen LogP contribution in [0.4, 0.5) is 5.69 Å². The highest BCUT2D eigenvalue weighted by Crippen LogP contribution is 2.36. The molecule has 0 bridgehead atoms. The van der Waals surface area contributed by atoms with E-state index >= 15 is 0 Å². The maximum absolute atomic E-state index is 9.70. The van der Waals surface area contributed by atoms with Crippen molar-refractivity contribution >= 4 is 22.3 Å². The average Bonchev–Trinajstić information content (AvgIpc) is 3.43. The standard InChI is InChI=1S/C20H20N4O3/c1-26-20-8-7-19-21-11-16(24(19)22-20)18-10-14-15(5-2-6-17(14)27-18)23-9-3-4-13(23)12-25/h2,5-8,10-11,13,25H,3-4,9,12H2,1H3. The predicted molar refractivity (Wildman–Crippen MR) is 102 cm³/mol. The number of aliphatic hydroxyl groups excluding tert-OH is 1. The van der Waals surface area contributed by atoms with Crippen LogP contribution >= 0.6 is 0 Å². The summed E-state index contributed by atoms with van der Waals surface area (Å²) in [6.07, 6.45) is 3.85. The molecule has 3 aromatic heterocycles. The van der Waals surface area contributed by atoms with Crippen LogP contribution in [0.15, 0.2) is 47.0 Å². The summed E-state index contributed by atoms with van der Waals surface area (Å²) in [5.41, 5.74) is 3.40. The minimum Gasteiger partial charge on any atom is -0.480 e. The highest BCUT2D eigenvalue weighted by atomic mass is 16.5. The number of furan rings is 1.